The van der Waals surface area contributed by atoms with Crippen LogP contribution in [0.1, 0.15) is 43.6 Å². The van der Waals surface area contributed by atoms with Gasteiger partial charge in [0.2, 0.25) is 5.91 Å². The van der Waals surface area contributed by atoms with Gasteiger partial charge in [0, 0.05) is 48.4 Å². The van der Waals surface area contributed by atoms with E-state index >= 15 is 0 Å². The Kier molecular flexibility index (Phi) is 5.98. The van der Waals surface area contributed by atoms with Crippen molar-refractivity contribution in [2.75, 3.05) is 13.2 Å². The fraction of sp³-hybridized carbons (Fsp3) is 0.500. The van der Waals surface area contributed by atoms with Crippen LogP contribution in [0.25, 0.3) is 11.1 Å². The predicted molar refractivity (Wildman–Crippen MR) is 108 cm³/mol. The molecule has 1 aliphatic carbocycles. The molecule has 28 heavy (non-hydrogen) atoms. The van der Waals surface area contributed by atoms with Crippen LogP contribution in [0.15, 0.2) is 43.0 Å². The van der Waals surface area contributed by atoms with Gasteiger partial charge in [-0.3, -0.25) is 4.79 Å². The van der Waals surface area contributed by atoms with E-state index in [0.29, 0.717) is 6.54 Å². The molecule has 6 nitrogen and oxygen atoms in total. The molecule has 1 aliphatic heterocycles. The number of amides is 1. The summed E-state index contributed by atoms with van der Waals surface area (Å²) in [5.41, 5.74) is 3.23. The van der Waals surface area contributed by atoms with Crippen LogP contribution >= 0.6 is 0 Å². The maximum Gasteiger partial charge on any atom is 0.223 e. The zero-order valence-corrected chi connectivity index (χ0v) is 16.1. The summed E-state index contributed by atoms with van der Waals surface area (Å²) in [5.74, 6) is 0.554. The summed E-state index contributed by atoms with van der Waals surface area (Å²) in [6.45, 7) is 0.691. The second-order valence-electron chi connectivity index (χ2n) is 7.92. The van der Waals surface area contributed by atoms with E-state index in [2.05, 4.69) is 44.9 Å². The lowest BCUT2D eigenvalue weighted by Gasteiger charge is -2.46. The van der Waals surface area contributed by atoms with Gasteiger partial charge in [-0.05, 0) is 24.0 Å². The summed E-state index contributed by atoms with van der Waals surface area (Å²) >= 11 is 0. The Morgan fingerprint density at radius 1 is 1.04 bits per heavy atom. The zero-order chi connectivity index (χ0) is 19.3. The molecule has 0 bridgehead atoms. The van der Waals surface area contributed by atoms with E-state index in [0.717, 1.165) is 36.8 Å². The lowest BCUT2D eigenvalue weighted by molar-refractivity contribution is -0.126. The van der Waals surface area contributed by atoms with E-state index in [1.807, 2.05) is 0 Å². The number of carbonyl (C=O) groups excluding carboxylic acids is 1. The van der Waals surface area contributed by atoms with Gasteiger partial charge >= 0.3 is 0 Å². The third kappa shape index (κ3) is 4.08. The number of carbonyl (C=O) groups is 1. The summed E-state index contributed by atoms with van der Waals surface area (Å²) in [5, 5.41) is 16.2. The summed E-state index contributed by atoms with van der Waals surface area (Å²) in [4.78, 5) is 20.6. The number of hydrogen-bond donors (Lipinski definition) is 3. The number of aliphatic hydroxyl groups excluding tert-OH is 1. The average Bonchev–Trinajstić information content (AvgIpc) is 2.75. The van der Waals surface area contributed by atoms with Crippen LogP contribution in [-0.4, -0.2) is 46.2 Å². The highest BCUT2D eigenvalue weighted by atomic mass is 16.3. The monoisotopic (exact) mass is 380 g/mol. The quantitative estimate of drug-likeness (QED) is 0.716. The third-order valence-corrected chi connectivity index (χ3v) is 6.15. The average molecular weight is 380 g/mol. The highest BCUT2D eigenvalue weighted by molar-refractivity contribution is 5.78. The van der Waals surface area contributed by atoms with E-state index < -0.39 is 0 Å². The Hall–Kier alpha value is -2.31. The summed E-state index contributed by atoms with van der Waals surface area (Å²) in [6, 6.07) is 8.52. The molecule has 1 saturated heterocycles. The summed E-state index contributed by atoms with van der Waals surface area (Å²) < 4.78 is 0. The molecule has 2 aliphatic rings. The summed E-state index contributed by atoms with van der Waals surface area (Å²) in [7, 11) is 0. The minimum absolute atomic E-state index is 0.0301. The van der Waals surface area contributed by atoms with Crippen LogP contribution in [0.3, 0.4) is 0 Å². The molecule has 1 aromatic heterocycles. The normalized spacial score (nSPS) is 25.1. The van der Waals surface area contributed by atoms with Crippen LogP contribution in [0, 0.1) is 5.92 Å². The Morgan fingerprint density at radius 2 is 1.75 bits per heavy atom. The molecule has 3 atom stereocenters. The van der Waals surface area contributed by atoms with Gasteiger partial charge in [0.1, 0.15) is 6.33 Å². The van der Waals surface area contributed by atoms with Gasteiger partial charge in [0.25, 0.3) is 0 Å². The van der Waals surface area contributed by atoms with Gasteiger partial charge in [0.05, 0.1) is 6.61 Å². The molecule has 2 heterocycles. The predicted octanol–water partition coefficient (Wildman–Crippen LogP) is 2.26. The number of aliphatic hydroxyl groups is 1. The van der Waals surface area contributed by atoms with Gasteiger partial charge in [-0.25, -0.2) is 9.97 Å². The molecular weight excluding hydrogens is 352 g/mol. The van der Waals surface area contributed by atoms with Crippen molar-refractivity contribution in [3.8, 4) is 11.1 Å². The Morgan fingerprint density at radius 3 is 2.43 bits per heavy atom. The lowest BCUT2D eigenvalue weighted by atomic mass is 9.77. The largest absolute Gasteiger partial charge is 0.395 e. The van der Waals surface area contributed by atoms with E-state index in [1.54, 1.807) is 12.4 Å². The summed E-state index contributed by atoms with van der Waals surface area (Å²) in [6.07, 6.45) is 10.7. The Balaban J connectivity index is 1.39. The molecule has 6 heteroatoms. The second kappa shape index (κ2) is 8.80. The first-order chi connectivity index (χ1) is 13.8. The van der Waals surface area contributed by atoms with Crippen molar-refractivity contribution in [1.29, 1.82) is 0 Å². The topological polar surface area (TPSA) is 87.1 Å². The number of nitrogens with zero attached hydrogens (tertiary/aromatic N) is 2. The fourth-order valence-electron chi connectivity index (χ4n) is 4.53. The zero-order valence-electron chi connectivity index (χ0n) is 16.1. The second-order valence-corrected chi connectivity index (χ2v) is 7.92. The van der Waals surface area contributed by atoms with Gasteiger partial charge in [-0.2, -0.15) is 0 Å². The number of nitrogens with one attached hydrogen (secondary N) is 2. The fourth-order valence-corrected chi connectivity index (χ4v) is 4.53. The van der Waals surface area contributed by atoms with E-state index in [1.165, 1.54) is 18.3 Å². The van der Waals surface area contributed by atoms with Crippen LogP contribution in [0.4, 0.5) is 0 Å². The molecule has 1 saturated carbocycles. The van der Waals surface area contributed by atoms with Crippen LogP contribution < -0.4 is 10.6 Å². The highest BCUT2D eigenvalue weighted by Gasteiger charge is 2.41. The number of benzene rings is 1. The van der Waals surface area contributed by atoms with Crippen LogP contribution in [-0.2, 0) is 4.79 Å². The number of hydrogen-bond acceptors (Lipinski definition) is 5. The van der Waals surface area contributed by atoms with E-state index in [4.69, 9.17) is 0 Å². The van der Waals surface area contributed by atoms with Crippen molar-refractivity contribution >= 4 is 5.91 Å². The molecule has 1 amide bonds. The van der Waals surface area contributed by atoms with E-state index in [-0.39, 0.29) is 36.4 Å². The molecule has 0 radical (unpaired) electrons. The molecule has 2 fully saturated rings. The van der Waals surface area contributed by atoms with Crippen molar-refractivity contribution in [3.05, 3.63) is 48.5 Å². The molecule has 3 N–H and O–H groups in total. The Bertz CT molecular complexity index is 775. The smallest absolute Gasteiger partial charge is 0.223 e. The van der Waals surface area contributed by atoms with Gasteiger partial charge in [-0.1, -0.05) is 43.5 Å². The van der Waals surface area contributed by atoms with Crippen molar-refractivity contribution in [2.24, 2.45) is 5.92 Å². The van der Waals surface area contributed by atoms with Crippen molar-refractivity contribution in [1.82, 2.24) is 20.6 Å². The third-order valence-electron chi connectivity index (χ3n) is 6.15. The molecule has 4 rings (SSSR count). The Labute approximate surface area is 165 Å². The minimum atomic E-state index is 0.0301. The molecule has 1 aromatic carbocycles. The van der Waals surface area contributed by atoms with Crippen molar-refractivity contribution in [3.63, 3.8) is 0 Å². The molecule has 0 unspecified atom stereocenters. The maximum absolute atomic E-state index is 12.4. The van der Waals surface area contributed by atoms with Gasteiger partial charge < -0.3 is 15.7 Å². The molecule has 148 valence electrons. The van der Waals surface area contributed by atoms with Crippen LogP contribution in [0.5, 0.6) is 0 Å². The minimum Gasteiger partial charge on any atom is -0.395 e. The maximum atomic E-state index is 12.4. The highest BCUT2D eigenvalue weighted by Crippen LogP contribution is 2.33. The van der Waals surface area contributed by atoms with Crippen LogP contribution in [0.2, 0.25) is 0 Å². The number of rotatable bonds is 6. The van der Waals surface area contributed by atoms with Crippen molar-refractivity contribution in [2.45, 2.75) is 50.1 Å². The molecule has 0 spiro atoms. The lowest BCUT2D eigenvalue weighted by Crippen LogP contribution is -2.64. The SMILES string of the molecule is O=C(NC[C@H]1N[C@H](CO)[C@@H]1c1ccc(-c2cncnc2)cc1)C1CCCCC1. The van der Waals surface area contributed by atoms with E-state index in [9.17, 15) is 9.90 Å². The van der Waals surface area contributed by atoms with Gasteiger partial charge in [-0.15, -0.1) is 0 Å². The number of aromatic nitrogens is 2. The molecular formula is C22H28N4O2. The first kappa shape index (κ1) is 19.0. The van der Waals surface area contributed by atoms with Gasteiger partial charge in [0.15, 0.2) is 0 Å². The standard InChI is InChI=1S/C22H28N4O2/c27-13-20-21(16-8-6-15(7-9-16)18-10-23-14-24-11-18)19(26-20)12-25-22(28)17-4-2-1-3-5-17/h6-11,14,17,19-21,26-27H,1-5,12-13H2,(H,25,28)/t19-,20-,21-/m1/s1. The van der Waals surface area contributed by atoms with Crippen molar-refractivity contribution < 1.29 is 9.90 Å². The molecule has 2 aromatic rings. The first-order valence-corrected chi connectivity index (χ1v) is 10.3. The first-order valence-electron chi connectivity index (χ1n) is 10.3.